The van der Waals surface area contributed by atoms with Crippen molar-refractivity contribution in [2.45, 2.75) is 45.6 Å². The Kier molecular flexibility index (Phi) is 5.18. The summed E-state index contributed by atoms with van der Waals surface area (Å²) in [6.07, 6.45) is 1.33. The average Bonchev–Trinajstić information content (AvgIpc) is 2.95. The Bertz CT molecular complexity index is 564. The van der Waals surface area contributed by atoms with Crippen LogP contribution in [-0.2, 0) is 23.2 Å². The molecule has 1 amide bonds. The van der Waals surface area contributed by atoms with Crippen LogP contribution in [0.5, 0.6) is 0 Å². The largest absolute Gasteiger partial charge is 0.351 e. The Hall–Kier alpha value is -1.61. The van der Waals surface area contributed by atoms with Gasteiger partial charge in [0.1, 0.15) is 0 Å². The summed E-state index contributed by atoms with van der Waals surface area (Å²) < 4.78 is 0. The molecule has 0 bridgehead atoms. The van der Waals surface area contributed by atoms with Crippen molar-refractivity contribution in [2.24, 2.45) is 0 Å². The maximum absolute atomic E-state index is 11.8. The van der Waals surface area contributed by atoms with Crippen molar-refractivity contribution in [3.8, 4) is 0 Å². The van der Waals surface area contributed by atoms with Gasteiger partial charge in [-0.15, -0.1) is 11.3 Å². The highest BCUT2D eigenvalue weighted by Crippen LogP contribution is 2.22. The van der Waals surface area contributed by atoms with Crippen LogP contribution < -0.4 is 5.32 Å². The fourth-order valence-corrected chi connectivity index (χ4v) is 2.76. The molecule has 0 spiro atoms. The Labute approximate surface area is 131 Å². The summed E-state index contributed by atoms with van der Waals surface area (Å²) in [5.41, 5.74) is 2.72. The van der Waals surface area contributed by atoms with Crippen LogP contribution in [0.15, 0.2) is 41.8 Å². The predicted molar refractivity (Wildman–Crippen MR) is 89.6 cm³/mol. The lowest BCUT2D eigenvalue weighted by Crippen LogP contribution is -2.22. The molecule has 21 heavy (non-hydrogen) atoms. The van der Waals surface area contributed by atoms with Crippen molar-refractivity contribution in [2.75, 3.05) is 0 Å². The Morgan fingerprint density at radius 3 is 2.43 bits per heavy atom. The second-order valence-corrected chi connectivity index (χ2v) is 7.34. The molecule has 3 heteroatoms. The third-order valence-electron chi connectivity index (χ3n) is 3.50. The third-order valence-corrected chi connectivity index (χ3v) is 4.38. The Morgan fingerprint density at radius 1 is 1.14 bits per heavy atom. The summed E-state index contributed by atoms with van der Waals surface area (Å²) in [6.45, 7) is 7.26. The van der Waals surface area contributed by atoms with Crippen LogP contribution >= 0.6 is 11.3 Å². The number of benzene rings is 1. The molecule has 0 radical (unpaired) electrons. The van der Waals surface area contributed by atoms with Gasteiger partial charge in [0, 0.05) is 11.3 Å². The van der Waals surface area contributed by atoms with Gasteiger partial charge in [-0.05, 0) is 34.4 Å². The fraction of sp³-hybridized carbons (Fsp3) is 0.389. The lowest BCUT2D eigenvalue weighted by atomic mass is 9.86. The maximum Gasteiger partial charge on any atom is 0.220 e. The molecule has 0 fully saturated rings. The first-order valence-corrected chi connectivity index (χ1v) is 8.21. The van der Waals surface area contributed by atoms with Crippen LogP contribution in [0.2, 0.25) is 0 Å². The van der Waals surface area contributed by atoms with Gasteiger partial charge in [-0.2, -0.15) is 0 Å². The lowest BCUT2D eigenvalue weighted by molar-refractivity contribution is -0.121. The first-order valence-electron chi connectivity index (χ1n) is 7.33. The normalized spacial score (nSPS) is 11.4. The molecule has 1 N–H and O–H groups in total. The van der Waals surface area contributed by atoms with E-state index in [2.05, 4.69) is 50.4 Å². The number of carbonyl (C=O) groups is 1. The molecule has 1 aromatic heterocycles. The fourth-order valence-electron chi connectivity index (χ4n) is 2.12. The summed E-state index contributed by atoms with van der Waals surface area (Å²) in [6, 6.07) is 12.6. The highest BCUT2D eigenvalue weighted by Gasteiger charge is 2.12. The molecule has 0 aliphatic carbocycles. The molecule has 0 aliphatic heterocycles. The summed E-state index contributed by atoms with van der Waals surface area (Å²) >= 11 is 1.67. The summed E-state index contributed by atoms with van der Waals surface area (Å²) in [5.74, 6) is 0.114. The minimum atomic E-state index is 0.114. The van der Waals surface area contributed by atoms with E-state index in [1.807, 2.05) is 17.5 Å². The molecular formula is C18H23NOS. The molecule has 2 aromatic rings. The van der Waals surface area contributed by atoms with E-state index < -0.39 is 0 Å². The molecule has 2 rings (SSSR count). The van der Waals surface area contributed by atoms with E-state index in [0.717, 1.165) is 6.42 Å². The first-order chi connectivity index (χ1) is 9.95. The van der Waals surface area contributed by atoms with Crippen LogP contribution in [0.25, 0.3) is 0 Å². The minimum absolute atomic E-state index is 0.114. The van der Waals surface area contributed by atoms with Crippen molar-refractivity contribution in [3.63, 3.8) is 0 Å². The van der Waals surface area contributed by atoms with Crippen LogP contribution in [0.1, 0.15) is 43.2 Å². The number of carbonyl (C=O) groups excluding carboxylic acids is 1. The molecule has 0 aliphatic rings. The van der Waals surface area contributed by atoms with E-state index in [1.54, 1.807) is 11.3 Å². The highest BCUT2D eigenvalue weighted by molar-refractivity contribution is 7.09. The molecular weight excluding hydrogens is 278 g/mol. The van der Waals surface area contributed by atoms with Gasteiger partial charge < -0.3 is 5.32 Å². The van der Waals surface area contributed by atoms with Gasteiger partial charge in [0.25, 0.3) is 0 Å². The highest BCUT2D eigenvalue weighted by atomic mass is 32.1. The molecule has 0 saturated heterocycles. The van der Waals surface area contributed by atoms with Crippen LogP contribution in [-0.4, -0.2) is 5.91 Å². The number of thiophene rings is 1. The third kappa shape index (κ3) is 5.01. The van der Waals surface area contributed by atoms with Crippen molar-refractivity contribution in [3.05, 3.63) is 57.8 Å². The number of rotatable bonds is 5. The molecule has 112 valence electrons. The van der Waals surface area contributed by atoms with Crippen molar-refractivity contribution < 1.29 is 4.79 Å². The zero-order valence-corrected chi connectivity index (χ0v) is 13.8. The van der Waals surface area contributed by atoms with Crippen LogP contribution in [0.4, 0.5) is 0 Å². The molecule has 0 unspecified atom stereocenters. The van der Waals surface area contributed by atoms with Crippen molar-refractivity contribution in [1.29, 1.82) is 0 Å². The SMILES string of the molecule is CC(C)(C)c1ccc(CCC(=O)NCc2cccs2)cc1. The number of hydrogen-bond acceptors (Lipinski definition) is 2. The van der Waals surface area contributed by atoms with Gasteiger partial charge in [0.05, 0.1) is 6.54 Å². The Balaban J connectivity index is 1.78. The van der Waals surface area contributed by atoms with Gasteiger partial charge in [-0.3, -0.25) is 4.79 Å². The molecule has 0 saturated carbocycles. The molecule has 2 nitrogen and oxygen atoms in total. The van der Waals surface area contributed by atoms with Gasteiger partial charge in [-0.25, -0.2) is 0 Å². The van der Waals surface area contributed by atoms with Crippen LogP contribution in [0.3, 0.4) is 0 Å². The van der Waals surface area contributed by atoms with E-state index in [4.69, 9.17) is 0 Å². The predicted octanol–water partition coefficient (Wildman–Crippen LogP) is 4.29. The van der Waals surface area contributed by atoms with Crippen molar-refractivity contribution in [1.82, 2.24) is 5.32 Å². The van der Waals surface area contributed by atoms with E-state index in [1.165, 1.54) is 16.0 Å². The summed E-state index contributed by atoms with van der Waals surface area (Å²) in [5, 5.41) is 4.99. The number of amides is 1. The average molecular weight is 301 g/mol. The van der Waals surface area contributed by atoms with Crippen LogP contribution in [0, 0.1) is 0 Å². The summed E-state index contributed by atoms with van der Waals surface area (Å²) in [4.78, 5) is 13.0. The summed E-state index contributed by atoms with van der Waals surface area (Å²) in [7, 11) is 0. The van der Waals surface area contributed by atoms with E-state index in [-0.39, 0.29) is 11.3 Å². The second-order valence-electron chi connectivity index (χ2n) is 6.30. The maximum atomic E-state index is 11.8. The monoisotopic (exact) mass is 301 g/mol. The smallest absolute Gasteiger partial charge is 0.220 e. The molecule has 1 heterocycles. The van der Waals surface area contributed by atoms with Gasteiger partial charge >= 0.3 is 0 Å². The number of aryl methyl sites for hydroxylation is 1. The minimum Gasteiger partial charge on any atom is -0.351 e. The van der Waals surface area contributed by atoms with E-state index in [0.29, 0.717) is 13.0 Å². The quantitative estimate of drug-likeness (QED) is 0.876. The first kappa shape index (κ1) is 15.8. The molecule has 0 atom stereocenters. The number of hydrogen-bond donors (Lipinski definition) is 1. The zero-order chi connectivity index (χ0) is 15.3. The standard InChI is InChI=1S/C18H23NOS/c1-18(2,3)15-9-6-14(7-10-15)8-11-17(20)19-13-16-5-4-12-21-16/h4-7,9-10,12H,8,11,13H2,1-3H3,(H,19,20). The topological polar surface area (TPSA) is 29.1 Å². The Morgan fingerprint density at radius 2 is 1.86 bits per heavy atom. The lowest BCUT2D eigenvalue weighted by Gasteiger charge is -2.19. The van der Waals surface area contributed by atoms with Crippen molar-refractivity contribution >= 4 is 17.2 Å². The molecule has 1 aromatic carbocycles. The van der Waals surface area contributed by atoms with E-state index >= 15 is 0 Å². The zero-order valence-electron chi connectivity index (χ0n) is 13.0. The number of nitrogens with one attached hydrogen (secondary N) is 1. The van der Waals surface area contributed by atoms with E-state index in [9.17, 15) is 4.79 Å². The van der Waals surface area contributed by atoms with Gasteiger partial charge in [0.2, 0.25) is 5.91 Å². The second kappa shape index (κ2) is 6.90. The van der Waals surface area contributed by atoms with Gasteiger partial charge in [0.15, 0.2) is 0 Å². The van der Waals surface area contributed by atoms with Gasteiger partial charge in [-0.1, -0.05) is 51.1 Å².